The summed E-state index contributed by atoms with van der Waals surface area (Å²) in [5.41, 5.74) is 1.90. The van der Waals surface area contributed by atoms with Crippen molar-refractivity contribution in [1.82, 2.24) is 15.3 Å². The lowest BCUT2D eigenvalue weighted by atomic mass is 10.2. The third-order valence-electron chi connectivity index (χ3n) is 2.90. The van der Waals surface area contributed by atoms with Crippen LogP contribution in [0.5, 0.6) is 11.8 Å². The van der Waals surface area contributed by atoms with Gasteiger partial charge < -0.3 is 10.1 Å². The molecule has 112 valence electrons. The number of ether oxygens (including phenoxy) is 1. The van der Waals surface area contributed by atoms with Crippen molar-refractivity contribution in [3.8, 4) is 11.8 Å². The van der Waals surface area contributed by atoms with Gasteiger partial charge in [0.05, 0.1) is 4.47 Å². The molecular formula is C15H17BrFN3O. The van der Waals surface area contributed by atoms with Gasteiger partial charge in [0, 0.05) is 24.0 Å². The Kier molecular flexibility index (Phi) is 5.64. The summed E-state index contributed by atoms with van der Waals surface area (Å²) < 4.78 is 19.0. The molecule has 0 radical (unpaired) electrons. The second-order valence-corrected chi connectivity index (χ2v) is 5.47. The van der Waals surface area contributed by atoms with E-state index in [2.05, 4.69) is 38.1 Å². The lowest BCUT2D eigenvalue weighted by Gasteiger charge is -2.09. The number of benzene rings is 1. The molecular weight excluding hydrogens is 337 g/mol. The molecule has 0 atom stereocenters. The maximum absolute atomic E-state index is 13.2. The quantitative estimate of drug-likeness (QED) is 0.798. The Bertz CT molecular complexity index is 622. The average molecular weight is 354 g/mol. The molecule has 0 amide bonds. The van der Waals surface area contributed by atoms with E-state index >= 15 is 0 Å². The van der Waals surface area contributed by atoms with Gasteiger partial charge in [0.25, 0.3) is 0 Å². The van der Waals surface area contributed by atoms with Crippen molar-refractivity contribution in [2.24, 2.45) is 0 Å². The summed E-state index contributed by atoms with van der Waals surface area (Å²) in [4.78, 5) is 8.50. The Morgan fingerprint density at radius 1 is 1.38 bits per heavy atom. The number of rotatable bonds is 6. The highest BCUT2D eigenvalue weighted by molar-refractivity contribution is 9.10. The van der Waals surface area contributed by atoms with Crippen molar-refractivity contribution >= 4 is 15.9 Å². The van der Waals surface area contributed by atoms with Gasteiger partial charge in [-0.25, -0.2) is 9.37 Å². The normalized spacial score (nSPS) is 10.7. The Hall–Kier alpha value is -1.53. The van der Waals surface area contributed by atoms with Gasteiger partial charge in [-0.1, -0.05) is 6.92 Å². The largest absolute Gasteiger partial charge is 0.424 e. The Labute approximate surface area is 131 Å². The number of aryl methyl sites for hydroxylation is 1. The van der Waals surface area contributed by atoms with E-state index in [0.717, 1.165) is 30.8 Å². The predicted octanol–water partition coefficient (Wildman–Crippen LogP) is 3.98. The molecule has 0 bridgehead atoms. The van der Waals surface area contributed by atoms with E-state index in [9.17, 15) is 4.39 Å². The summed E-state index contributed by atoms with van der Waals surface area (Å²) in [6, 6.07) is 4.67. The maximum atomic E-state index is 13.2. The van der Waals surface area contributed by atoms with Gasteiger partial charge >= 0.3 is 6.01 Å². The van der Waals surface area contributed by atoms with Crippen LogP contribution in [-0.2, 0) is 6.54 Å². The molecule has 6 heteroatoms. The minimum atomic E-state index is -0.336. The molecule has 0 aliphatic rings. The van der Waals surface area contributed by atoms with Gasteiger partial charge in [-0.15, -0.1) is 0 Å². The first kappa shape index (κ1) is 15.9. The summed E-state index contributed by atoms with van der Waals surface area (Å²) >= 11 is 3.12. The van der Waals surface area contributed by atoms with Crippen molar-refractivity contribution in [1.29, 1.82) is 0 Å². The van der Waals surface area contributed by atoms with Crippen LogP contribution in [0.15, 0.2) is 28.9 Å². The van der Waals surface area contributed by atoms with E-state index in [1.807, 2.05) is 6.92 Å². The van der Waals surface area contributed by atoms with Crippen LogP contribution in [0.1, 0.15) is 24.6 Å². The van der Waals surface area contributed by atoms with E-state index in [4.69, 9.17) is 4.74 Å². The number of nitrogens with one attached hydrogen (secondary N) is 1. The summed E-state index contributed by atoms with van der Waals surface area (Å²) in [6.45, 7) is 5.73. The highest BCUT2D eigenvalue weighted by atomic mass is 79.9. The first-order valence-corrected chi connectivity index (χ1v) is 7.55. The van der Waals surface area contributed by atoms with Gasteiger partial charge in [0.2, 0.25) is 0 Å². The van der Waals surface area contributed by atoms with Crippen molar-refractivity contribution in [3.05, 3.63) is 45.9 Å². The van der Waals surface area contributed by atoms with Crippen LogP contribution in [-0.4, -0.2) is 16.5 Å². The van der Waals surface area contributed by atoms with Gasteiger partial charge in [0.15, 0.2) is 0 Å². The molecule has 0 saturated heterocycles. The van der Waals surface area contributed by atoms with Gasteiger partial charge in [-0.2, -0.15) is 4.98 Å². The van der Waals surface area contributed by atoms with Crippen LogP contribution >= 0.6 is 15.9 Å². The van der Waals surface area contributed by atoms with Crippen LogP contribution in [0.3, 0.4) is 0 Å². The first-order chi connectivity index (χ1) is 10.1. The van der Waals surface area contributed by atoms with Crippen molar-refractivity contribution < 1.29 is 9.13 Å². The smallest absolute Gasteiger partial charge is 0.322 e. The zero-order valence-corrected chi connectivity index (χ0v) is 13.6. The van der Waals surface area contributed by atoms with Crippen molar-refractivity contribution in [2.75, 3.05) is 6.54 Å². The molecule has 0 unspecified atom stereocenters. The molecule has 4 nitrogen and oxygen atoms in total. The second-order valence-electron chi connectivity index (χ2n) is 4.62. The van der Waals surface area contributed by atoms with E-state index in [-0.39, 0.29) is 11.8 Å². The fourth-order valence-electron chi connectivity index (χ4n) is 1.74. The number of hydrogen-bond acceptors (Lipinski definition) is 4. The molecule has 0 saturated carbocycles. The topological polar surface area (TPSA) is 47.0 Å². The van der Waals surface area contributed by atoms with E-state index in [0.29, 0.717) is 10.2 Å². The van der Waals surface area contributed by atoms with Crippen LogP contribution in [0.4, 0.5) is 4.39 Å². The van der Waals surface area contributed by atoms with Gasteiger partial charge in [-0.05, 0) is 54.0 Å². The molecule has 1 aromatic heterocycles. The molecule has 2 aromatic rings. The molecule has 0 spiro atoms. The predicted molar refractivity (Wildman–Crippen MR) is 82.9 cm³/mol. The Morgan fingerprint density at radius 2 is 2.19 bits per heavy atom. The highest BCUT2D eigenvalue weighted by Crippen LogP contribution is 2.24. The standard InChI is InChI=1S/C15H17BrFN3O/c1-3-6-18-8-11-9-19-15(20-10(11)2)21-12-4-5-14(17)13(16)7-12/h4-5,7,9,18H,3,6,8H2,1-2H3. The molecule has 2 rings (SSSR count). The Morgan fingerprint density at radius 3 is 2.86 bits per heavy atom. The fourth-order valence-corrected chi connectivity index (χ4v) is 2.10. The number of halogens is 2. The fraction of sp³-hybridized carbons (Fsp3) is 0.333. The number of nitrogens with zero attached hydrogens (tertiary/aromatic N) is 2. The van der Waals surface area contributed by atoms with Crippen LogP contribution in [0.25, 0.3) is 0 Å². The Balaban J connectivity index is 2.07. The zero-order chi connectivity index (χ0) is 15.2. The van der Waals surface area contributed by atoms with Crippen LogP contribution in [0, 0.1) is 12.7 Å². The third-order valence-corrected chi connectivity index (χ3v) is 3.51. The van der Waals surface area contributed by atoms with E-state index in [1.54, 1.807) is 12.3 Å². The zero-order valence-electron chi connectivity index (χ0n) is 12.0. The van der Waals surface area contributed by atoms with Crippen LogP contribution in [0.2, 0.25) is 0 Å². The van der Waals surface area contributed by atoms with Gasteiger partial charge in [0.1, 0.15) is 11.6 Å². The van der Waals surface area contributed by atoms with Gasteiger partial charge in [-0.3, -0.25) is 0 Å². The summed E-state index contributed by atoms with van der Waals surface area (Å²) in [6.07, 6.45) is 2.83. The summed E-state index contributed by atoms with van der Waals surface area (Å²) in [5.74, 6) is 0.149. The molecule has 1 heterocycles. The van der Waals surface area contributed by atoms with E-state index < -0.39 is 0 Å². The van der Waals surface area contributed by atoms with E-state index in [1.165, 1.54) is 12.1 Å². The number of hydrogen-bond donors (Lipinski definition) is 1. The van der Waals surface area contributed by atoms with Crippen LogP contribution < -0.4 is 10.1 Å². The summed E-state index contributed by atoms with van der Waals surface area (Å²) in [7, 11) is 0. The average Bonchev–Trinajstić information content (AvgIpc) is 2.45. The minimum Gasteiger partial charge on any atom is -0.424 e. The monoisotopic (exact) mass is 353 g/mol. The third kappa shape index (κ3) is 4.47. The maximum Gasteiger partial charge on any atom is 0.322 e. The molecule has 0 aliphatic heterocycles. The molecule has 0 aliphatic carbocycles. The SMILES string of the molecule is CCCNCc1cnc(Oc2ccc(F)c(Br)c2)nc1C. The molecule has 1 aromatic carbocycles. The van der Waals surface area contributed by atoms with Crippen molar-refractivity contribution in [3.63, 3.8) is 0 Å². The minimum absolute atomic E-state index is 0.255. The molecule has 1 N–H and O–H groups in total. The second kappa shape index (κ2) is 7.47. The lowest BCUT2D eigenvalue weighted by Crippen LogP contribution is -2.15. The molecule has 21 heavy (non-hydrogen) atoms. The first-order valence-electron chi connectivity index (χ1n) is 6.76. The lowest BCUT2D eigenvalue weighted by molar-refractivity contribution is 0.437. The summed E-state index contributed by atoms with van der Waals surface area (Å²) in [5, 5.41) is 3.31. The number of aromatic nitrogens is 2. The highest BCUT2D eigenvalue weighted by Gasteiger charge is 2.07. The van der Waals surface area contributed by atoms with Crippen molar-refractivity contribution in [2.45, 2.75) is 26.8 Å². The molecule has 0 fully saturated rings.